The first-order chi connectivity index (χ1) is 22.4. The molecular formula is C36H40N6O4. The second-order valence-electron chi connectivity index (χ2n) is 11.9. The zero-order valence-electron chi connectivity index (χ0n) is 25.8. The smallest absolute Gasteiger partial charge is 0.271 e. The van der Waals surface area contributed by atoms with E-state index in [1.807, 2.05) is 24.3 Å². The van der Waals surface area contributed by atoms with Gasteiger partial charge in [-0.15, -0.1) is 0 Å². The summed E-state index contributed by atoms with van der Waals surface area (Å²) in [5.41, 5.74) is 8.75. The zero-order valence-corrected chi connectivity index (χ0v) is 25.8. The van der Waals surface area contributed by atoms with Crippen molar-refractivity contribution in [3.63, 3.8) is 0 Å². The molecule has 10 heteroatoms. The fraction of sp³-hybridized carbons (Fsp3) is 0.333. The van der Waals surface area contributed by atoms with E-state index in [0.717, 1.165) is 62.5 Å². The Hall–Kier alpha value is -5.12. The Bertz CT molecular complexity index is 1430. The summed E-state index contributed by atoms with van der Waals surface area (Å²) in [6, 6.07) is 20.7. The largest absolute Gasteiger partial charge is 0.326 e. The zero-order chi connectivity index (χ0) is 32.1. The van der Waals surface area contributed by atoms with E-state index < -0.39 is 0 Å². The van der Waals surface area contributed by atoms with Gasteiger partial charge in [-0.25, -0.2) is 10.9 Å². The van der Waals surface area contributed by atoms with Gasteiger partial charge in [-0.3, -0.25) is 19.2 Å². The van der Waals surface area contributed by atoms with E-state index in [9.17, 15) is 19.2 Å². The van der Waals surface area contributed by atoms with Crippen LogP contribution in [0.3, 0.4) is 0 Å². The predicted molar refractivity (Wildman–Crippen MR) is 180 cm³/mol. The van der Waals surface area contributed by atoms with Crippen LogP contribution >= 0.6 is 0 Å². The van der Waals surface area contributed by atoms with Crippen LogP contribution in [0.1, 0.15) is 96.1 Å². The Morgan fingerprint density at radius 1 is 0.500 bits per heavy atom. The van der Waals surface area contributed by atoms with E-state index in [1.165, 1.54) is 25.3 Å². The van der Waals surface area contributed by atoms with Crippen LogP contribution in [0.5, 0.6) is 0 Å². The van der Waals surface area contributed by atoms with Crippen molar-refractivity contribution in [1.82, 2.24) is 10.9 Å². The van der Waals surface area contributed by atoms with Crippen molar-refractivity contribution >= 4 is 47.4 Å². The molecule has 0 aliphatic heterocycles. The van der Waals surface area contributed by atoms with Crippen LogP contribution < -0.4 is 21.5 Å². The minimum Gasteiger partial charge on any atom is -0.326 e. The molecular weight excluding hydrogens is 580 g/mol. The molecule has 0 aromatic heterocycles. The van der Waals surface area contributed by atoms with E-state index >= 15 is 0 Å². The highest BCUT2D eigenvalue weighted by molar-refractivity contribution is 5.98. The third kappa shape index (κ3) is 9.44. The number of hydrogen-bond acceptors (Lipinski definition) is 6. The van der Waals surface area contributed by atoms with E-state index in [0.29, 0.717) is 22.5 Å². The highest BCUT2D eigenvalue weighted by atomic mass is 16.2. The number of carbonyl (C=O) groups excluding carboxylic acids is 4. The van der Waals surface area contributed by atoms with Crippen molar-refractivity contribution < 1.29 is 19.2 Å². The van der Waals surface area contributed by atoms with E-state index in [1.54, 1.807) is 48.5 Å². The summed E-state index contributed by atoms with van der Waals surface area (Å²) in [6.07, 6.45) is 13.5. The molecule has 2 aliphatic carbocycles. The topological polar surface area (TPSA) is 141 Å². The summed E-state index contributed by atoms with van der Waals surface area (Å²) in [7, 11) is 0. The number of carbonyl (C=O) groups is 4. The minimum absolute atomic E-state index is 0.0439. The monoisotopic (exact) mass is 620 g/mol. The van der Waals surface area contributed by atoms with Crippen molar-refractivity contribution in [3.8, 4) is 0 Å². The molecule has 46 heavy (non-hydrogen) atoms. The molecule has 3 aromatic carbocycles. The number of nitrogens with one attached hydrogen (secondary N) is 4. The lowest BCUT2D eigenvalue weighted by Crippen LogP contribution is -2.24. The lowest BCUT2D eigenvalue weighted by atomic mass is 9.88. The lowest BCUT2D eigenvalue weighted by molar-refractivity contribution is -0.121. The van der Waals surface area contributed by atoms with Crippen molar-refractivity contribution in [3.05, 3.63) is 95.1 Å². The first-order valence-electron chi connectivity index (χ1n) is 16.0. The van der Waals surface area contributed by atoms with Gasteiger partial charge in [-0.05, 0) is 85.3 Å². The van der Waals surface area contributed by atoms with Crippen molar-refractivity contribution in [2.45, 2.75) is 64.2 Å². The van der Waals surface area contributed by atoms with Crippen molar-refractivity contribution in [2.75, 3.05) is 10.6 Å². The third-order valence-electron chi connectivity index (χ3n) is 8.48. The highest BCUT2D eigenvalue weighted by Crippen LogP contribution is 2.26. The normalized spacial score (nSPS) is 15.8. The maximum Gasteiger partial charge on any atom is 0.271 e. The number of amides is 4. The van der Waals surface area contributed by atoms with E-state index in [2.05, 4.69) is 31.7 Å². The minimum atomic E-state index is -0.361. The SMILES string of the molecule is O=C(N/N=C/c1ccc(/C=N/NC(=O)c2ccc(NC(=O)C3CCCCC3)cc2)cc1)c1ccc(NC(=O)C2CCCCC2)cc1. The van der Waals surface area contributed by atoms with Gasteiger partial charge in [0.25, 0.3) is 11.8 Å². The number of rotatable bonds is 10. The number of nitrogens with zero attached hydrogens (tertiary/aromatic N) is 2. The Kier molecular flexibility index (Phi) is 11.4. The highest BCUT2D eigenvalue weighted by Gasteiger charge is 2.22. The lowest BCUT2D eigenvalue weighted by Gasteiger charge is -2.20. The van der Waals surface area contributed by atoms with Crippen LogP contribution in [0, 0.1) is 11.8 Å². The molecule has 238 valence electrons. The van der Waals surface area contributed by atoms with Gasteiger partial charge in [0.05, 0.1) is 12.4 Å². The summed E-state index contributed by atoms with van der Waals surface area (Å²) in [5, 5.41) is 14.0. The van der Waals surface area contributed by atoms with E-state index in [-0.39, 0.29) is 35.5 Å². The number of anilines is 2. The second-order valence-corrected chi connectivity index (χ2v) is 11.9. The predicted octanol–water partition coefficient (Wildman–Crippen LogP) is 6.25. The molecule has 4 N–H and O–H groups in total. The first-order valence-corrected chi connectivity index (χ1v) is 16.0. The number of benzene rings is 3. The molecule has 4 amide bonds. The van der Waals surface area contributed by atoms with Crippen molar-refractivity contribution in [1.29, 1.82) is 0 Å². The van der Waals surface area contributed by atoms with Gasteiger partial charge in [0, 0.05) is 34.3 Å². The average Bonchev–Trinajstić information content (AvgIpc) is 3.10. The summed E-state index contributed by atoms with van der Waals surface area (Å²) in [5.74, 6) is -0.504. The Balaban J connectivity index is 1.03. The van der Waals surface area contributed by atoms with Gasteiger partial charge in [-0.1, -0.05) is 62.8 Å². The summed E-state index contributed by atoms with van der Waals surface area (Å²) in [6.45, 7) is 0. The molecule has 10 nitrogen and oxygen atoms in total. The molecule has 2 saturated carbocycles. The average molecular weight is 621 g/mol. The fourth-order valence-corrected chi connectivity index (χ4v) is 5.76. The number of hydrogen-bond donors (Lipinski definition) is 4. The quantitative estimate of drug-likeness (QED) is 0.157. The molecule has 0 radical (unpaired) electrons. The van der Waals surface area contributed by atoms with Crippen LogP contribution in [-0.2, 0) is 9.59 Å². The molecule has 2 aliphatic rings. The Morgan fingerprint density at radius 2 is 0.848 bits per heavy atom. The second kappa shape index (κ2) is 16.3. The van der Waals surface area contributed by atoms with Crippen LogP contribution in [0.15, 0.2) is 83.0 Å². The summed E-state index contributed by atoms with van der Waals surface area (Å²) >= 11 is 0. The summed E-state index contributed by atoms with van der Waals surface area (Å²) < 4.78 is 0. The van der Waals surface area contributed by atoms with Gasteiger partial charge >= 0.3 is 0 Å². The van der Waals surface area contributed by atoms with Gasteiger partial charge in [-0.2, -0.15) is 10.2 Å². The Morgan fingerprint density at radius 3 is 1.20 bits per heavy atom. The Labute approximate surface area is 269 Å². The maximum absolute atomic E-state index is 12.5. The van der Waals surface area contributed by atoms with Gasteiger partial charge in [0.15, 0.2) is 0 Å². The molecule has 3 aromatic rings. The van der Waals surface area contributed by atoms with Gasteiger partial charge < -0.3 is 10.6 Å². The molecule has 0 saturated heterocycles. The molecule has 0 unspecified atom stereocenters. The number of hydrazone groups is 2. The molecule has 0 bridgehead atoms. The molecule has 0 heterocycles. The van der Waals surface area contributed by atoms with Crippen molar-refractivity contribution in [2.24, 2.45) is 22.0 Å². The molecule has 0 spiro atoms. The molecule has 5 rings (SSSR count). The van der Waals surface area contributed by atoms with E-state index in [4.69, 9.17) is 0 Å². The van der Waals surface area contributed by atoms with Crippen LogP contribution in [0.25, 0.3) is 0 Å². The van der Waals surface area contributed by atoms with Crippen LogP contribution in [0.4, 0.5) is 11.4 Å². The molecule has 0 atom stereocenters. The van der Waals surface area contributed by atoms with Gasteiger partial charge in [0.1, 0.15) is 0 Å². The van der Waals surface area contributed by atoms with Crippen LogP contribution in [-0.4, -0.2) is 36.1 Å². The van der Waals surface area contributed by atoms with Crippen LogP contribution in [0.2, 0.25) is 0 Å². The molecule has 2 fully saturated rings. The fourth-order valence-electron chi connectivity index (χ4n) is 5.76. The summed E-state index contributed by atoms with van der Waals surface area (Å²) in [4.78, 5) is 49.9. The maximum atomic E-state index is 12.5. The first kappa shape index (κ1) is 32.3. The van der Waals surface area contributed by atoms with Gasteiger partial charge in [0.2, 0.25) is 11.8 Å². The third-order valence-corrected chi connectivity index (χ3v) is 8.48. The standard InChI is InChI=1S/C36H40N6O4/c43-33(27-7-3-1-4-8-27)39-31-19-15-29(16-20-31)35(45)41-37-23-25-11-13-26(14-12-25)24-38-42-36(46)30-17-21-32(22-18-30)40-34(44)28-9-5-2-6-10-28/h11-24,27-28H,1-10H2,(H,39,43)(H,40,44)(H,41,45)(H,42,46)/b37-23+,38-24+.